The van der Waals surface area contributed by atoms with Crippen molar-refractivity contribution in [2.75, 3.05) is 68.2 Å². The van der Waals surface area contributed by atoms with Gasteiger partial charge in [0.25, 0.3) is 0 Å². The molecule has 0 heterocycles. The first-order chi connectivity index (χ1) is 47.7. The quantitative estimate of drug-likeness (QED) is 0.0188. The molecule has 0 nitrogen and oxygen atoms in total. The zero-order valence-electron chi connectivity index (χ0n) is 57.1. The van der Waals surface area contributed by atoms with Crippen molar-refractivity contribution >= 4 is 206 Å². The highest BCUT2D eigenvalue weighted by Crippen LogP contribution is 2.68. The van der Waals surface area contributed by atoms with Crippen molar-refractivity contribution in [1.82, 2.24) is 0 Å². The average Bonchev–Trinajstić information content (AvgIpc) is 0.729. The van der Waals surface area contributed by atoms with Crippen LogP contribution < -0.4 is 0 Å². The van der Waals surface area contributed by atoms with Gasteiger partial charge in [-0.15, -0.1) is 106 Å². The van der Waals surface area contributed by atoms with Crippen LogP contribution in [0.15, 0.2) is 0 Å². The Hall–Kier alpha value is 4.45. The van der Waals surface area contributed by atoms with Gasteiger partial charge in [-0.25, -0.2) is 8.78 Å². The molecule has 0 aliphatic heterocycles. The molecule has 103 heavy (non-hydrogen) atoms. The van der Waals surface area contributed by atoms with Crippen LogP contribution in [0, 0.1) is 0 Å². The normalized spacial score (nSPS) is 16.8. The molecule has 0 bridgehead atoms. The Bertz CT molecular complexity index is 2040. The molecule has 0 spiro atoms. The molecule has 620 valence electrons. The molecule has 0 saturated heterocycles. The number of hydrogen-bond donors (Lipinski definition) is 0. The molecule has 6 unspecified atom stereocenters. The van der Waals surface area contributed by atoms with E-state index in [1.165, 1.54) is 58.8 Å². The summed E-state index contributed by atoms with van der Waals surface area (Å²) in [6.07, 6.45) is -6.02. The maximum absolute atomic E-state index is 17.3. The summed E-state index contributed by atoms with van der Waals surface area (Å²) in [7, 11) is 0. The molecule has 41 heteroatoms. The molecule has 0 aromatic heterocycles. The Labute approximate surface area is 683 Å². The van der Waals surface area contributed by atoms with E-state index in [-0.39, 0.29) is 94.7 Å². The molecule has 0 saturated carbocycles. The van der Waals surface area contributed by atoms with Gasteiger partial charge in [-0.2, -0.15) is 96.6 Å². The molecule has 0 fully saturated rings. The third-order valence-electron chi connectivity index (χ3n) is 15.1. The summed E-state index contributed by atoms with van der Waals surface area (Å²) in [5.74, 6) is -44.0. The van der Waals surface area contributed by atoms with Crippen molar-refractivity contribution in [3.63, 3.8) is 0 Å². The van der Waals surface area contributed by atoms with E-state index >= 15 is 43.9 Å². The third kappa shape index (κ3) is 38.2. The van der Waals surface area contributed by atoms with Gasteiger partial charge >= 0.3 is 58.4 Å². The molecular formula is C62H96Br2F26I2S11. The van der Waals surface area contributed by atoms with Crippen LogP contribution in [-0.4, -0.2) is 150 Å². The Balaban J connectivity index is 8.51. The number of thioether (sulfide) groups is 11. The summed E-state index contributed by atoms with van der Waals surface area (Å²) in [5.41, 5.74) is 0. The molecule has 0 aliphatic carbocycles. The fourth-order valence-corrected chi connectivity index (χ4v) is 29.8. The predicted octanol–water partition coefficient (Wildman–Crippen LogP) is 32.5. The highest BCUT2D eigenvalue weighted by molar-refractivity contribution is 14.1. The van der Waals surface area contributed by atoms with Crippen molar-refractivity contribution in [1.29, 1.82) is 0 Å². The van der Waals surface area contributed by atoms with Gasteiger partial charge in [0.1, 0.15) is 6.82 Å². The zero-order chi connectivity index (χ0) is 79.0. The van der Waals surface area contributed by atoms with Crippen molar-refractivity contribution in [3.05, 3.63) is 0 Å². The van der Waals surface area contributed by atoms with Gasteiger partial charge in [-0.05, 0) is 194 Å². The number of hydrogen-bond acceptors (Lipinski definition) is 11. The standard InChI is InChI=1S/C62H96Br2F26I2S11/c1-3-5-21-39-93-47(63)29-11-27-45-99-51(97-43-23-7-17-35-65,33-15-13-31-49(67,95-41-25-9-19-37-91)101-61(87,88)57(77,78)53(69,70)55(73,74)59(81,82)83)103-52(98-44-24-8-18-36-66,100-46-28-12-30-48(64)94-40-22-6-4-2)34-16-14-32-50(68,96-42-26-10-20-38-92)102-62(89,90)58(79,80)54(71,72)56(75,76)60(84,85)86/h47-48H,3-46H2,1-2H3. The monoisotopic (exact) mass is 2100 g/mol. The summed E-state index contributed by atoms with van der Waals surface area (Å²) >= 11 is 17.8. The van der Waals surface area contributed by atoms with Crippen molar-refractivity contribution in [2.45, 2.75) is 302 Å². The summed E-state index contributed by atoms with van der Waals surface area (Å²) in [5, 5.41) is -13.2. The SMILES string of the molecule is CCCCCSC(Br)CCCCSC(CCCCC(F)(SCCCCCI)SC(F)(F)C(F)(F)C(F)(F)C(F)(F)C(F)(F)F)(SCCCCCF)SC(CCCCC(F)(SCCCCCI)SC(F)(F)C(F)(F)C(F)(F)C(F)(F)C(F)(F)F)(SCCCCCF)SCCCCC(Br)SCCCCC. The van der Waals surface area contributed by atoms with E-state index in [1.54, 1.807) is 23.5 Å². The van der Waals surface area contributed by atoms with Crippen molar-refractivity contribution in [2.24, 2.45) is 0 Å². The highest BCUT2D eigenvalue weighted by atomic mass is 127. The first-order valence-corrected chi connectivity index (χ1v) is 49.3. The Morgan fingerprint density at radius 3 is 0.835 bits per heavy atom. The van der Waals surface area contributed by atoms with Gasteiger partial charge in [0, 0.05) is 12.8 Å². The predicted molar refractivity (Wildman–Crippen MR) is 422 cm³/mol. The summed E-state index contributed by atoms with van der Waals surface area (Å²) in [6.45, 7) is 2.72. The Morgan fingerprint density at radius 1 is 0.282 bits per heavy atom. The van der Waals surface area contributed by atoms with Gasteiger partial charge in [0.15, 0.2) is 0 Å². The minimum Gasteiger partial charge on any atom is -0.251 e. The summed E-state index contributed by atoms with van der Waals surface area (Å²) < 4.78 is 371. The van der Waals surface area contributed by atoms with Crippen LogP contribution in [0.5, 0.6) is 0 Å². The minimum atomic E-state index is -7.81. The largest absolute Gasteiger partial charge is 0.460 e. The number of alkyl halides is 30. The minimum absolute atomic E-state index is 0.0316. The maximum atomic E-state index is 17.3. The Kier molecular flexibility index (Phi) is 55.3. The fraction of sp³-hybridized carbons (Fsp3) is 1.00. The Morgan fingerprint density at radius 2 is 0.553 bits per heavy atom. The maximum Gasteiger partial charge on any atom is 0.460 e. The van der Waals surface area contributed by atoms with Crippen LogP contribution in [0.25, 0.3) is 0 Å². The number of unbranched alkanes of at least 4 members (excludes halogenated alkanes) is 16. The zero-order valence-corrected chi connectivity index (χ0v) is 73.6. The third-order valence-corrected chi connectivity index (χ3v) is 36.3. The van der Waals surface area contributed by atoms with Gasteiger partial charge in [-0.1, -0.05) is 168 Å². The number of halogens is 30. The van der Waals surface area contributed by atoms with E-state index in [4.69, 9.17) is 0 Å². The average molecular weight is 2100 g/mol. The highest BCUT2D eigenvalue weighted by Gasteiger charge is 2.89. The molecule has 0 amide bonds. The van der Waals surface area contributed by atoms with Crippen molar-refractivity contribution in [3.8, 4) is 0 Å². The van der Waals surface area contributed by atoms with Gasteiger partial charge in [-0.3, -0.25) is 8.78 Å². The van der Waals surface area contributed by atoms with Crippen LogP contribution in [0.3, 0.4) is 0 Å². The van der Waals surface area contributed by atoms with E-state index in [2.05, 4.69) is 45.7 Å². The van der Waals surface area contributed by atoms with Crippen molar-refractivity contribution < 1.29 is 114 Å². The first-order valence-electron chi connectivity index (χ1n) is 33.9. The second-order valence-corrected chi connectivity index (χ2v) is 46.8. The second-order valence-electron chi connectivity index (χ2n) is 23.9. The molecule has 0 radical (unpaired) electrons. The van der Waals surface area contributed by atoms with Crippen LogP contribution in [0.2, 0.25) is 0 Å². The molecule has 0 N–H and O–H groups in total. The topological polar surface area (TPSA) is 0 Å². The molecule has 0 aromatic rings. The second kappa shape index (κ2) is 53.0. The molecule has 6 atom stereocenters. The molecule has 0 aliphatic rings. The van der Waals surface area contributed by atoms with Gasteiger partial charge < -0.3 is 0 Å². The van der Waals surface area contributed by atoms with Crippen LogP contribution >= 0.6 is 206 Å². The lowest BCUT2D eigenvalue weighted by Gasteiger charge is -2.43. The summed E-state index contributed by atoms with van der Waals surface area (Å²) in [6, 6.07) is 0. The lowest BCUT2D eigenvalue weighted by atomic mass is 10.0. The lowest BCUT2D eigenvalue weighted by Crippen LogP contribution is -2.66. The fourth-order valence-electron chi connectivity index (χ4n) is 9.08. The van der Waals surface area contributed by atoms with Crippen LogP contribution in [-0.2, 0) is 0 Å². The van der Waals surface area contributed by atoms with E-state index < -0.39 is 148 Å². The van der Waals surface area contributed by atoms with Gasteiger partial charge in [0.05, 0.1) is 21.7 Å². The van der Waals surface area contributed by atoms with E-state index in [1.807, 2.05) is 45.2 Å². The van der Waals surface area contributed by atoms with E-state index in [9.17, 15) is 70.2 Å². The lowest BCUT2D eigenvalue weighted by molar-refractivity contribution is -0.412. The number of rotatable bonds is 68. The molecular weight excluding hydrogens is 2000 g/mol. The van der Waals surface area contributed by atoms with Crippen LogP contribution in [0.4, 0.5) is 114 Å². The van der Waals surface area contributed by atoms with E-state index in [0.29, 0.717) is 110 Å². The smallest absolute Gasteiger partial charge is 0.251 e. The summed E-state index contributed by atoms with van der Waals surface area (Å²) in [4.78, 5) is 0. The molecule has 0 rings (SSSR count). The molecule has 0 aromatic carbocycles. The first kappa shape index (κ1) is 107. The van der Waals surface area contributed by atoms with Crippen LogP contribution in [0.1, 0.15) is 219 Å². The van der Waals surface area contributed by atoms with Gasteiger partial charge in [0.2, 0.25) is 8.67 Å². The van der Waals surface area contributed by atoms with E-state index in [0.717, 1.165) is 50.0 Å².